The lowest BCUT2D eigenvalue weighted by atomic mass is 9.91. The van der Waals surface area contributed by atoms with Gasteiger partial charge in [0, 0.05) is 32.3 Å². The number of methoxy groups -OCH3 is 2. The van der Waals surface area contributed by atoms with Gasteiger partial charge < -0.3 is 18.9 Å². The molecule has 0 aromatic heterocycles. The second kappa shape index (κ2) is 14.2. The van der Waals surface area contributed by atoms with E-state index in [0.29, 0.717) is 18.4 Å². The average molecular weight is 477 g/mol. The Bertz CT molecular complexity index is 888. The van der Waals surface area contributed by atoms with Gasteiger partial charge in [-0.2, -0.15) is 0 Å². The molecule has 0 saturated carbocycles. The van der Waals surface area contributed by atoms with Gasteiger partial charge in [0.05, 0.1) is 19.8 Å². The number of allylic oxidation sites excluding steroid dienone is 3. The summed E-state index contributed by atoms with van der Waals surface area (Å²) >= 11 is 0. The maximum absolute atomic E-state index is 12.6. The van der Waals surface area contributed by atoms with Crippen molar-refractivity contribution < 1.29 is 38.1 Å². The Labute approximate surface area is 201 Å². The molecule has 0 fully saturated rings. The van der Waals surface area contributed by atoms with Crippen LogP contribution in [0.3, 0.4) is 0 Å². The van der Waals surface area contributed by atoms with Gasteiger partial charge in [0.2, 0.25) is 0 Å². The van der Waals surface area contributed by atoms with Crippen LogP contribution in [-0.4, -0.2) is 50.3 Å². The van der Waals surface area contributed by atoms with Crippen LogP contribution in [-0.2, 0) is 38.1 Å². The zero-order chi connectivity index (χ0) is 25.8. The second-order valence-electron chi connectivity index (χ2n) is 8.44. The van der Waals surface area contributed by atoms with Gasteiger partial charge in [-0.25, -0.2) is 9.59 Å². The molecule has 0 spiro atoms. The second-order valence-corrected chi connectivity index (χ2v) is 8.44. The largest absolute Gasteiger partial charge is 0.466 e. The first-order chi connectivity index (χ1) is 16.0. The Morgan fingerprint density at radius 3 is 2.06 bits per heavy atom. The lowest BCUT2D eigenvalue weighted by molar-refractivity contribution is -0.147. The molecule has 8 heteroatoms. The number of carbonyl (C=O) groups is 4. The minimum absolute atomic E-state index is 0.115. The van der Waals surface area contributed by atoms with E-state index in [4.69, 9.17) is 18.9 Å². The van der Waals surface area contributed by atoms with E-state index in [2.05, 4.69) is 0 Å². The molecule has 1 rings (SSSR count). The maximum atomic E-state index is 12.6. The summed E-state index contributed by atoms with van der Waals surface area (Å²) in [6.07, 6.45) is 6.70. The standard InChI is InChI=1S/C26H36O8/c1-16(2)20-12-11-17(3)13-22(33-18(4)27)14-21(25(29)31-6)9-8-10-23(26(30)32-7)24(15-20)34-19(5)28/h10-12,14,16,22,24H,8-9,13,15H2,1-7H3/b17-11+,20-12+,21-14-,23-10-/t22-,24-/m1/s1. The van der Waals surface area contributed by atoms with Gasteiger partial charge in [0.1, 0.15) is 12.2 Å². The minimum Gasteiger partial charge on any atom is -0.466 e. The van der Waals surface area contributed by atoms with Crippen LogP contribution in [0.1, 0.15) is 60.3 Å². The first-order valence-electron chi connectivity index (χ1n) is 11.3. The fourth-order valence-electron chi connectivity index (χ4n) is 3.56. The summed E-state index contributed by atoms with van der Waals surface area (Å²) in [5.74, 6) is -2.04. The fourth-order valence-corrected chi connectivity index (χ4v) is 3.56. The molecule has 8 nitrogen and oxygen atoms in total. The van der Waals surface area contributed by atoms with E-state index in [9.17, 15) is 19.2 Å². The zero-order valence-corrected chi connectivity index (χ0v) is 21.1. The molecule has 0 heterocycles. The van der Waals surface area contributed by atoms with E-state index in [0.717, 1.165) is 11.1 Å². The van der Waals surface area contributed by atoms with Crippen LogP contribution in [0.25, 0.3) is 0 Å². The minimum atomic E-state index is -0.838. The van der Waals surface area contributed by atoms with Crippen LogP contribution < -0.4 is 0 Å². The summed E-state index contributed by atoms with van der Waals surface area (Å²) in [7, 11) is 2.53. The summed E-state index contributed by atoms with van der Waals surface area (Å²) in [5.41, 5.74) is 2.38. The highest BCUT2D eigenvalue weighted by Gasteiger charge is 2.27. The van der Waals surface area contributed by atoms with Crippen molar-refractivity contribution in [1.82, 2.24) is 0 Å². The summed E-state index contributed by atoms with van der Waals surface area (Å²) in [4.78, 5) is 48.5. The molecule has 1 aliphatic rings. The molecule has 0 aromatic carbocycles. The highest BCUT2D eigenvalue weighted by molar-refractivity contribution is 5.90. The van der Waals surface area contributed by atoms with Crippen LogP contribution in [0.15, 0.2) is 46.6 Å². The normalized spacial score (nSPS) is 26.1. The summed E-state index contributed by atoms with van der Waals surface area (Å²) < 4.78 is 20.8. The van der Waals surface area contributed by atoms with Crippen molar-refractivity contribution in [3.05, 3.63) is 46.6 Å². The highest BCUT2D eigenvalue weighted by atomic mass is 16.6. The average Bonchev–Trinajstić information content (AvgIpc) is 2.75. The van der Waals surface area contributed by atoms with Crippen LogP contribution in [0, 0.1) is 5.92 Å². The number of esters is 4. The summed E-state index contributed by atoms with van der Waals surface area (Å²) in [6, 6.07) is 0. The highest BCUT2D eigenvalue weighted by Crippen LogP contribution is 2.26. The third-order valence-electron chi connectivity index (χ3n) is 5.27. The monoisotopic (exact) mass is 476 g/mol. The van der Waals surface area contributed by atoms with Crippen molar-refractivity contribution in [3.8, 4) is 0 Å². The lowest BCUT2D eigenvalue weighted by Gasteiger charge is -2.23. The molecule has 34 heavy (non-hydrogen) atoms. The quantitative estimate of drug-likeness (QED) is 0.430. The molecule has 1 aliphatic carbocycles. The lowest BCUT2D eigenvalue weighted by Crippen LogP contribution is -2.26. The molecular weight excluding hydrogens is 440 g/mol. The Kier molecular flexibility index (Phi) is 12.0. The Hall–Kier alpha value is -3.16. The van der Waals surface area contributed by atoms with Crippen LogP contribution in [0.4, 0.5) is 0 Å². The van der Waals surface area contributed by atoms with Crippen molar-refractivity contribution in [3.63, 3.8) is 0 Å². The molecule has 2 atom stereocenters. The fraction of sp³-hybridized carbons (Fsp3) is 0.538. The van der Waals surface area contributed by atoms with Crippen LogP contribution >= 0.6 is 0 Å². The molecule has 0 saturated heterocycles. The first-order valence-corrected chi connectivity index (χ1v) is 11.3. The third kappa shape index (κ3) is 9.77. The van der Waals surface area contributed by atoms with Crippen LogP contribution in [0.5, 0.6) is 0 Å². The third-order valence-corrected chi connectivity index (χ3v) is 5.27. The van der Waals surface area contributed by atoms with Gasteiger partial charge in [0.25, 0.3) is 0 Å². The van der Waals surface area contributed by atoms with Gasteiger partial charge in [-0.05, 0) is 31.8 Å². The van der Waals surface area contributed by atoms with E-state index >= 15 is 0 Å². The van der Waals surface area contributed by atoms with Crippen molar-refractivity contribution in [2.75, 3.05) is 14.2 Å². The Morgan fingerprint density at radius 2 is 1.53 bits per heavy atom. The smallest absolute Gasteiger partial charge is 0.337 e. The molecule has 0 N–H and O–H groups in total. The van der Waals surface area contributed by atoms with Gasteiger partial charge in [-0.1, -0.05) is 43.2 Å². The van der Waals surface area contributed by atoms with E-state index in [1.54, 1.807) is 12.2 Å². The molecule has 0 unspecified atom stereocenters. The van der Waals surface area contributed by atoms with Gasteiger partial charge >= 0.3 is 23.9 Å². The molecule has 0 aromatic rings. The topological polar surface area (TPSA) is 105 Å². The predicted octanol–water partition coefficient (Wildman–Crippen LogP) is 4.15. The van der Waals surface area contributed by atoms with E-state index < -0.39 is 36.1 Å². The van der Waals surface area contributed by atoms with Crippen molar-refractivity contribution in [2.24, 2.45) is 5.92 Å². The Balaban J connectivity index is 3.65. The van der Waals surface area contributed by atoms with E-state index in [1.165, 1.54) is 28.1 Å². The van der Waals surface area contributed by atoms with E-state index in [1.807, 2.05) is 32.9 Å². The summed E-state index contributed by atoms with van der Waals surface area (Å²) in [6.45, 7) is 8.52. The van der Waals surface area contributed by atoms with Crippen molar-refractivity contribution in [1.29, 1.82) is 0 Å². The molecule has 0 bridgehead atoms. The van der Waals surface area contributed by atoms with E-state index in [-0.39, 0.29) is 24.3 Å². The van der Waals surface area contributed by atoms with Crippen molar-refractivity contribution in [2.45, 2.75) is 72.5 Å². The van der Waals surface area contributed by atoms with Gasteiger partial charge in [0.15, 0.2) is 0 Å². The number of hydrogen-bond acceptors (Lipinski definition) is 8. The number of rotatable bonds is 5. The number of hydrogen-bond donors (Lipinski definition) is 0. The molecule has 0 aliphatic heterocycles. The predicted molar refractivity (Wildman–Crippen MR) is 126 cm³/mol. The Morgan fingerprint density at radius 1 is 0.912 bits per heavy atom. The molecule has 188 valence electrons. The number of ether oxygens (including phenoxy) is 4. The SMILES string of the molecule is COC(=O)/C1=C\[C@H](OC(C)=O)C/C(C)=C/C=C(/C(C)C)C[C@@H](OC(C)=O)/C(C(=O)OC)=C/CC1. The molecular formula is C26H36O8. The number of carbonyl (C=O) groups excluding carboxylic acids is 4. The van der Waals surface area contributed by atoms with Gasteiger partial charge in [-0.15, -0.1) is 0 Å². The zero-order valence-electron chi connectivity index (χ0n) is 21.1. The maximum Gasteiger partial charge on any atom is 0.337 e. The molecule has 0 radical (unpaired) electrons. The first kappa shape index (κ1) is 28.9. The summed E-state index contributed by atoms with van der Waals surface area (Å²) in [5, 5.41) is 0. The molecule has 0 amide bonds. The van der Waals surface area contributed by atoms with Crippen molar-refractivity contribution >= 4 is 23.9 Å². The van der Waals surface area contributed by atoms with Gasteiger partial charge in [-0.3, -0.25) is 9.59 Å². The van der Waals surface area contributed by atoms with Crippen LogP contribution in [0.2, 0.25) is 0 Å².